The molecule has 0 aromatic carbocycles. The lowest BCUT2D eigenvalue weighted by molar-refractivity contribution is 0.0202. The third-order valence-electron chi connectivity index (χ3n) is 5.54. The molecule has 2 atom stereocenters. The van der Waals surface area contributed by atoms with Crippen molar-refractivity contribution >= 4 is 0 Å². The molecule has 2 rings (SSSR count). The fourth-order valence-electron chi connectivity index (χ4n) is 4.02. The highest BCUT2D eigenvalue weighted by Gasteiger charge is 2.37. The fraction of sp³-hybridized carbons (Fsp3) is 1.00. The largest absolute Gasteiger partial charge is 0.311 e. The van der Waals surface area contributed by atoms with E-state index in [0.717, 1.165) is 12.1 Å². The molecule has 0 aromatic heterocycles. The predicted octanol–water partition coefficient (Wildman–Crippen LogP) is 2.96. The van der Waals surface area contributed by atoms with Gasteiger partial charge in [0, 0.05) is 31.2 Å². The third-order valence-corrected chi connectivity index (χ3v) is 5.54. The normalized spacial score (nSPS) is 30.7. The Bertz CT molecular complexity index is 302. The summed E-state index contributed by atoms with van der Waals surface area (Å²) in [5.74, 6) is 0. The van der Waals surface area contributed by atoms with E-state index in [2.05, 4.69) is 49.7 Å². The highest BCUT2D eigenvalue weighted by atomic mass is 15.3. The predicted molar refractivity (Wildman–Crippen MR) is 91.8 cm³/mol. The molecule has 2 fully saturated rings. The molecule has 2 heterocycles. The Morgan fingerprint density at radius 3 is 2.29 bits per heavy atom. The zero-order valence-corrected chi connectivity index (χ0v) is 15.0. The van der Waals surface area contributed by atoms with Crippen LogP contribution >= 0.6 is 0 Å². The number of hydrogen-bond acceptors (Lipinski definition) is 3. The molecule has 124 valence electrons. The van der Waals surface area contributed by atoms with Gasteiger partial charge in [-0.1, -0.05) is 34.6 Å². The second-order valence-corrected chi connectivity index (χ2v) is 8.16. The van der Waals surface area contributed by atoms with Crippen molar-refractivity contribution in [3.05, 3.63) is 0 Å². The van der Waals surface area contributed by atoms with Crippen LogP contribution in [-0.2, 0) is 0 Å². The van der Waals surface area contributed by atoms with Gasteiger partial charge in [-0.05, 0) is 50.7 Å². The van der Waals surface area contributed by atoms with Crippen LogP contribution < -0.4 is 5.32 Å². The van der Waals surface area contributed by atoms with Gasteiger partial charge in [0.15, 0.2) is 0 Å². The molecule has 2 saturated heterocycles. The zero-order chi connectivity index (χ0) is 15.5. The first-order valence-corrected chi connectivity index (χ1v) is 9.17. The van der Waals surface area contributed by atoms with Gasteiger partial charge in [-0.2, -0.15) is 0 Å². The average molecular weight is 296 g/mol. The van der Waals surface area contributed by atoms with Crippen molar-refractivity contribution in [1.82, 2.24) is 15.1 Å². The summed E-state index contributed by atoms with van der Waals surface area (Å²) < 4.78 is 0. The number of nitrogens with zero attached hydrogens (tertiary/aromatic N) is 2. The van der Waals surface area contributed by atoms with E-state index in [4.69, 9.17) is 0 Å². The van der Waals surface area contributed by atoms with Crippen LogP contribution in [0.25, 0.3) is 0 Å². The molecule has 2 unspecified atom stereocenters. The van der Waals surface area contributed by atoms with E-state index in [1.165, 1.54) is 58.4 Å². The molecule has 3 nitrogen and oxygen atoms in total. The molecule has 21 heavy (non-hydrogen) atoms. The minimum absolute atomic E-state index is 0.361. The van der Waals surface area contributed by atoms with Gasteiger partial charge in [-0.3, -0.25) is 4.90 Å². The first-order valence-electron chi connectivity index (χ1n) is 9.17. The molecule has 0 aromatic rings. The quantitative estimate of drug-likeness (QED) is 0.860. The van der Waals surface area contributed by atoms with Crippen LogP contribution in [0, 0.1) is 5.41 Å². The summed E-state index contributed by atoms with van der Waals surface area (Å²) >= 11 is 0. The molecule has 2 aliphatic rings. The highest BCUT2D eigenvalue weighted by molar-refractivity contribution is 4.95. The molecular formula is C18H37N3. The monoisotopic (exact) mass is 295 g/mol. The van der Waals surface area contributed by atoms with Gasteiger partial charge in [0.05, 0.1) is 0 Å². The van der Waals surface area contributed by atoms with Crippen molar-refractivity contribution in [2.75, 3.05) is 32.7 Å². The number of piperidine rings is 1. The Hall–Kier alpha value is -0.120. The Kier molecular flexibility index (Phi) is 6.10. The first-order chi connectivity index (χ1) is 9.95. The number of nitrogens with one attached hydrogen (secondary N) is 1. The minimum Gasteiger partial charge on any atom is -0.311 e. The van der Waals surface area contributed by atoms with Gasteiger partial charge < -0.3 is 10.2 Å². The lowest BCUT2D eigenvalue weighted by Crippen LogP contribution is -2.63. The molecule has 3 heteroatoms. The summed E-state index contributed by atoms with van der Waals surface area (Å²) in [6.45, 7) is 18.1. The van der Waals surface area contributed by atoms with Gasteiger partial charge in [0.25, 0.3) is 0 Å². The van der Waals surface area contributed by atoms with Crippen LogP contribution in [0.2, 0.25) is 0 Å². The summed E-state index contributed by atoms with van der Waals surface area (Å²) in [4.78, 5) is 5.51. The number of hydrogen-bond donors (Lipinski definition) is 1. The summed E-state index contributed by atoms with van der Waals surface area (Å²) in [6.07, 6.45) is 5.31. The van der Waals surface area contributed by atoms with Crippen molar-refractivity contribution < 1.29 is 0 Å². The van der Waals surface area contributed by atoms with Crippen LogP contribution in [0.1, 0.15) is 60.3 Å². The van der Waals surface area contributed by atoms with E-state index in [-0.39, 0.29) is 0 Å². The number of rotatable bonds is 4. The van der Waals surface area contributed by atoms with Crippen molar-refractivity contribution in [2.24, 2.45) is 5.41 Å². The first kappa shape index (κ1) is 17.2. The lowest BCUT2D eigenvalue weighted by Gasteiger charge is -2.49. The minimum atomic E-state index is 0.361. The van der Waals surface area contributed by atoms with Crippen LogP contribution in [0.15, 0.2) is 0 Å². The van der Waals surface area contributed by atoms with Crippen LogP contribution in [0.4, 0.5) is 0 Å². The Morgan fingerprint density at radius 2 is 1.76 bits per heavy atom. The number of piperazine rings is 1. The van der Waals surface area contributed by atoms with Gasteiger partial charge in [0.2, 0.25) is 0 Å². The molecule has 2 aliphatic heterocycles. The third kappa shape index (κ3) is 4.43. The SMILES string of the molecule is CCCN1CCC(N2CC(C(C)(C)C)NCC2CC)CC1. The second kappa shape index (κ2) is 7.43. The molecule has 1 N–H and O–H groups in total. The molecule has 0 amide bonds. The van der Waals surface area contributed by atoms with Crippen molar-refractivity contribution in [2.45, 2.75) is 78.4 Å². The Balaban J connectivity index is 1.95. The fourth-order valence-corrected chi connectivity index (χ4v) is 4.02. The van der Waals surface area contributed by atoms with Crippen molar-refractivity contribution in [3.8, 4) is 0 Å². The zero-order valence-electron chi connectivity index (χ0n) is 15.0. The molecule has 0 saturated carbocycles. The maximum Gasteiger partial charge on any atom is 0.0244 e. The average Bonchev–Trinajstić information content (AvgIpc) is 2.47. The molecule has 0 bridgehead atoms. The van der Waals surface area contributed by atoms with E-state index in [1.807, 2.05) is 0 Å². The van der Waals surface area contributed by atoms with Crippen LogP contribution in [-0.4, -0.2) is 60.6 Å². The van der Waals surface area contributed by atoms with E-state index >= 15 is 0 Å². The van der Waals surface area contributed by atoms with Gasteiger partial charge in [-0.15, -0.1) is 0 Å². The summed E-state index contributed by atoms with van der Waals surface area (Å²) in [6, 6.07) is 2.19. The molecule has 0 aliphatic carbocycles. The van der Waals surface area contributed by atoms with Crippen molar-refractivity contribution in [3.63, 3.8) is 0 Å². The van der Waals surface area contributed by atoms with Crippen molar-refractivity contribution in [1.29, 1.82) is 0 Å². The molecule has 0 radical (unpaired) electrons. The Morgan fingerprint density at radius 1 is 1.10 bits per heavy atom. The number of likely N-dealkylation sites (tertiary alicyclic amines) is 1. The smallest absolute Gasteiger partial charge is 0.0244 e. The van der Waals surface area contributed by atoms with Gasteiger partial charge in [0.1, 0.15) is 0 Å². The molecular weight excluding hydrogens is 258 g/mol. The topological polar surface area (TPSA) is 18.5 Å². The van der Waals surface area contributed by atoms with E-state index < -0.39 is 0 Å². The van der Waals surface area contributed by atoms with Gasteiger partial charge >= 0.3 is 0 Å². The lowest BCUT2D eigenvalue weighted by atomic mass is 9.83. The summed E-state index contributed by atoms with van der Waals surface area (Å²) in [5, 5.41) is 3.81. The van der Waals surface area contributed by atoms with Crippen LogP contribution in [0.5, 0.6) is 0 Å². The molecule has 0 spiro atoms. The van der Waals surface area contributed by atoms with Gasteiger partial charge in [-0.25, -0.2) is 0 Å². The Labute approximate surface area is 132 Å². The van der Waals surface area contributed by atoms with E-state index in [9.17, 15) is 0 Å². The summed E-state index contributed by atoms with van der Waals surface area (Å²) in [7, 11) is 0. The highest BCUT2D eigenvalue weighted by Crippen LogP contribution is 2.28. The standard InChI is InChI=1S/C18H37N3/c1-6-10-20-11-8-16(9-12-20)21-14-17(18(3,4)5)19-13-15(21)7-2/h15-17,19H,6-14H2,1-5H3. The van der Waals surface area contributed by atoms with E-state index in [0.29, 0.717) is 11.5 Å². The maximum atomic E-state index is 3.81. The summed E-state index contributed by atoms with van der Waals surface area (Å²) in [5.41, 5.74) is 0.361. The van der Waals surface area contributed by atoms with Crippen LogP contribution in [0.3, 0.4) is 0 Å². The second-order valence-electron chi connectivity index (χ2n) is 8.16. The maximum absolute atomic E-state index is 3.81. The van der Waals surface area contributed by atoms with E-state index in [1.54, 1.807) is 0 Å².